The summed E-state index contributed by atoms with van der Waals surface area (Å²) in [7, 11) is 0. The molecule has 1 saturated carbocycles. The van der Waals surface area contributed by atoms with Crippen molar-refractivity contribution in [3.63, 3.8) is 0 Å². The molecule has 1 amide bonds. The summed E-state index contributed by atoms with van der Waals surface area (Å²) in [4.78, 5) is 18.9. The summed E-state index contributed by atoms with van der Waals surface area (Å²) >= 11 is 0. The molecule has 5 rings (SSSR count). The van der Waals surface area contributed by atoms with Crippen molar-refractivity contribution in [3.05, 3.63) is 42.1 Å². The molecule has 4 aliphatic rings. The average molecular weight is 588 g/mol. The van der Waals surface area contributed by atoms with E-state index in [1.165, 1.54) is 24.3 Å². The highest BCUT2D eigenvalue weighted by Crippen LogP contribution is 2.56. The van der Waals surface area contributed by atoms with Gasteiger partial charge in [-0.1, -0.05) is 12.1 Å². The standard InChI is InChI=1S/C29H36F3N7O3/c1-26(2,3)42-25(41)38-14-10-27(9-12-33,11-15-38)17-39-20-8-13-35-24(40)22(20)23(37-39)36-19-6-4-18(5-7-19)28(16-21(28)34)29(30,31)32/h4-8,13,20,22,24,34-35,40H,9-11,14-17H2,1-3H3,(H,36,37)/t20?,22?,24?,28-/m1/s1. The number of carbonyl (C=O) groups excluding carboxylic acids is 1. The zero-order valence-electron chi connectivity index (χ0n) is 23.8. The van der Waals surface area contributed by atoms with Crippen molar-refractivity contribution in [2.24, 2.45) is 16.3 Å². The first-order valence-corrected chi connectivity index (χ1v) is 14.0. The van der Waals surface area contributed by atoms with Crippen LogP contribution in [0.5, 0.6) is 0 Å². The molecule has 1 aromatic carbocycles. The summed E-state index contributed by atoms with van der Waals surface area (Å²) in [6, 6.07) is 7.70. The molecule has 0 bridgehead atoms. The van der Waals surface area contributed by atoms with Crippen LogP contribution < -0.4 is 10.7 Å². The lowest BCUT2D eigenvalue weighted by molar-refractivity contribution is -0.153. The highest BCUT2D eigenvalue weighted by atomic mass is 19.4. The Morgan fingerprint density at radius 3 is 2.43 bits per heavy atom. The predicted octanol–water partition coefficient (Wildman–Crippen LogP) is 4.11. The predicted molar refractivity (Wildman–Crippen MR) is 149 cm³/mol. The number of aliphatic imine (C=N–C) groups is 1. The van der Waals surface area contributed by atoms with Gasteiger partial charge in [-0.3, -0.25) is 0 Å². The number of alkyl halides is 3. The number of piperidine rings is 1. The minimum atomic E-state index is -4.54. The van der Waals surface area contributed by atoms with Crippen molar-refractivity contribution >= 4 is 23.3 Å². The second-order valence-electron chi connectivity index (χ2n) is 12.6. The Hall–Kier alpha value is -3.63. The van der Waals surface area contributed by atoms with Gasteiger partial charge >= 0.3 is 12.3 Å². The second kappa shape index (κ2) is 10.6. The summed E-state index contributed by atoms with van der Waals surface area (Å²) in [5.41, 5.74) is 0.128. The van der Waals surface area contributed by atoms with Gasteiger partial charge in [-0.2, -0.15) is 18.4 Å². The first kappa shape index (κ1) is 29.8. The molecule has 3 fully saturated rings. The van der Waals surface area contributed by atoms with Gasteiger partial charge in [0.05, 0.1) is 23.7 Å². The van der Waals surface area contributed by atoms with Crippen LogP contribution in [0.4, 0.5) is 23.7 Å². The third-order valence-electron chi connectivity index (χ3n) is 8.56. The van der Waals surface area contributed by atoms with E-state index in [1.54, 1.807) is 11.1 Å². The monoisotopic (exact) mass is 587 g/mol. The van der Waals surface area contributed by atoms with Crippen LogP contribution in [0.1, 0.15) is 52.0 Å². The number of nitrogens with one attached hydrogen (secondary N) is 3. The van der Waals surface area contributed by atoms with Crippen LogP contribution in [0.2, 0.25) is 0 Å². The molecule has 0 radical (unpaired) electrons. The number of nitriles is 1. The van der Waals surface area contributed by atoms with Crippen molar-refractivity contribution in [1.29, 1.82) is 10.7 Å². The molecular formula is C29H36F3N7O3. The normalized spacial score (nSPS) is 29.9. The molecule has 0 aromatic heterocycles. The van der Waals surface area contributed by atoms with E-state index < -0.39 is 34.8 Å². The number of nitrogens with zero attached hydrogens (tertiary/aromatic N) is 4. The Morgan fingerprint density at radius 1 is 1.24 bits per heavy atom. The van der Waals surface area contributed by atoms with E-state index in [-0.39, 0.29) is 36.3 Å². The highest BCUT2D eigenvalue weighted by molar-refractivity contribution is 6.09. The number of aliphatic hydroxyl groups excluding tert-OH is 1. The number of halogens is 3. The van der Waals surface area contributed by atoms with Crippen LogP contribution in [-0.4, -0.2) is 76.3 Å². The number of amidine groups is 1. The van der Waals surface area contributed by atoms with Crippen LogP contribution in [0.25, 0.3) is 0 Å². The zero-order chi connectivity index (χ0) is 30.5. The average Bonchev–Trinajstić information content (AvgIpc) is 3.49. The smallest absolute Gasteiger partial charge is 0.410 e. The fourth-order valence-electron chi connectivity index (χ4n) is 6.11. The summed E-state index contributed by atoms with van der Waals surface area (Å²) in [5.74, 6) is -0.0473. The lowest BCUT2D eigenvalue weighted by Crippen LogP contribution is -2.52. The Bertz CT molecular complexity index is 1320. The molecule has 4 atom stereocenters. The molecule has 3 aliphatic heterocycles. The molecule has 42 heavy (non-hydrogen) atoms. The van der Waals surface area contributed by atoms with Gasteiger partial charge in [0.15, 0.2) is 0 Å². The maximum atomic E-state index is 13.7. The fourth-order valence-corrected chi connectivity index (χ4v) is 6.11. The minimum absolute atomic E-state index is 0.0151. The van der Waals surface area contributed by atoms with Crippen LogP contribution in [0.15, 0.2) is 41.5 Å². The number of benzene rings is 1. The maximum absolute atomic E-state index is 13.7. The summed E-state index contributed by atoms with van der Waals surface area (Å²) < 4.78 is 46.5. The summed E-state index contributed by atoms with van der Waals surface area (Å²) in [6.45, 7) is 6.80. The van der Waals surface area contributed by atoms with E-state index in [2.05, 4.69) is 21.8 Å². The number of amides is 1. The molecule has 1 aliphatic carbocycles. The van der Waals surface area contributed by atoms with E-state index in [4.69, 9.17) is 10.1 Å². The fraction of sp³-hybridized carbons (Fsp3) is 0.586. The molecule has 3 unspecified atom stereocenters. The Kier molecular flexibility index (Phi) is 7.52. The van der Waals surface area contributed by atoms with Crippen molar-refractivity contribution in [2.75, 3.05) is 19.6 Å². The maximum Gasteiger partial charge on any atom is 0.410 e. The Balaban J connectivity index is 1.34. The Morgan fingerprint density at radius 2 is 1.88 bits per heavy atom. The van der Waals surface area contributed by atoms with Crippen LogP contribution in [-0.2, 0) is 10.2 Å². The second-order valence-corrected chi connectivity index (χ2v) is 12.6. The van der Waals surface area contributed by atoms with Gasteiger partial charge in [0.1, 0.15) is 23.1 Å². The van der Waals surface area contributed by atoms with Crippen LogP contribution in [0.3, 0.4) is 0 Å². The SMILES string of the molecule is CC(C)(C)OC(=O)N1CCC(CC#N)(CN2NC(=Nc3ccc([C@]4(C(F)(F)F)CC4=N)cc3)C3C(O)NC=CC32)CC1. The first-order chi connectivity index (χ1) is 19.7. The number of carbonyl (C=O) groups is 1. The highest BCUT2D eigenvalue weighted by Gasteiger charge is 2.69. The molecule has 13 heteroatoms. The van der Waals surface area contributed by atoms with Crippen molar-refractivity contribution < 1.29 is 27.8 Å². The topological polar surface area (TPSA) is 137 Å². The Labute approximate surface area is 242 Å². The number of aliphatic hydroxyl groups is 1. The molecule has 2 saturated heterocycles. The third kappa shape index (κ3) is 5.57. The van der Waals surface area contributed by atoms with Gasteiger partial charge < -0.3 is 30.9 Å². The number of likely N-dealkylation sites (tertiary alicyclic amines) is 1. The number of rotatable bonds is 5. The van der Waals surface area contributed by atoms with Gasteiger partial charge in [0, 0.05) is 43.6 Å². The summed E-state index contributed by atoms with van der Waals surface area (Å²) in [6.07, 6.45) is -1.19. The zero-order valence-corrected chi connectivity index (χ0v) is 23.8. The van der Waals surface area contributed by atoms with E-state index in [9.17, 15) is 28.3 Å². The van der Waals surface area contributed by atoms with E-state index in [1.807, 2.05) is 31.9 Å². The first-order valence-electron chi connectivity index (χ1n) is 14.0. The number of hydrogen-bond acceptors (Lipinski definition) is 8. The molecule has 1 aromatic rings. The molecule has 0 spiro atoms. The number of hydrazine groups is 1. The largest absolute Gasteiger partial charge is 0.444 e. The molecule has 10 nitrogen and oxygen atoms in total. The van der Waals surface area contributed by atoms with Crippen LogP contribution in [0, 0.1) is 28.1 Å². The van der Waals surface area contributed by atoms with E-state index in [0.717, 1.165) is 0 Å². The van der Waals surface area contributed by atoms with Crippen molar-refractivity contribution in [1.82, 2.24) is 20.7 Å². The van der Waals surface area contributed by atoms with Gasteiger partial charge in [0.2, 0.25) is 0 Å². The quantitative estimate of drug-likeness (QED) is 0.407. The molecular weight excluding hydrogens is 551 g/mol. The van der Waals surface area contributed by atoms with E-state index in [0.29, 0.717) is 44.0 Å². The van der Waals surface area contributed by atoms with Gasteiger partial charge in [0.25, 0.3) is 0 Å². The minimum Gasteiger partial charge on any atom is -0.444 e. The number of hydrogen-bond donors (Lipinski definition) is 4. The van der Waals surface area contributed by atoms with Crippen molar-refractivity contribution in [2.45, 2.75) is 75.9 Å². The third-order valence-corrected chi connectivity index (χ3v) is 8.56. The van der Waals surface area contributed by atoms with Crippen molar-refractivity contribution in [3.8, 4) is 6.07 Å². The molecule has 4 N–H and O–H groups in total. The number of fused-ring (bicyclic) bond motifs is 1. The van der Waals surface area contributed by atoms with Crippen LogP contribution >= 0.6 is 0 Å². The lowest BCUT2D eigenvalue weighted by Gasteiger charge is -2.43. The lowest BCUT2D eigenvalue weighted by atomic mass is 9.75. The summed E-state index contributed by atoms with van der Waals surface area (Å²) in [5, 5.41) is 33.0. The van der Waals surface area contributed by atoms with Gasteiger partial charge in [-0.25, -0.2) is 14.8 Å². The van der Waals surface area contributed by atoms with E-state index >= 15 is 0 Å². The molecule has 3 heterocycles. The van der Waals surface area contributed by atoms with Gasteiger partial charge in [-0.05, 0) is 63.6 Å². The van der Waals surface area contributed by atoms with Gasteiger partial charge in [-0.15, -0.1) is 0 Å². The molecule has 226 valence electrons. The number of ether oxygens (including phenoxy) is 1.